The van der Waals surface area contributed by atoms with E-state index < -0.39 is 0 Å². The zero-order valence-electron chi connectivity index (χ0n) is 11.5. The van der Waals surface area contributed by atoms with E-state index in [0.717, 1.165) is 27.6 Å². The van der Waals surface area contributed by atoms with Crippen LogP contribution >= 0.6 is 27.3 Å². The Morgan fingerprint density at radius 3 is 2.75 bits per heavy atom. The van der Waals surface area contributed by atoms with Gasteiger partial charge in [0.15, 0.2) is 5.13 Å². The highest BCUT2D eigenvalue weighted by Crippen LogP contribution is 2.27. The lowest BCUT2D eigenvalue weighted by Crippen LogP contribution is -2.21. The van der Waals surface area contributed by atoms with E-state index in [9.17, 15) is 4.39 Å². The van der Waals surface area contributed by atoms with Gasteiger partial charge in [0.1, 0.15) is 5.82 Å². The average Bonchev–Trinajstić information content (AvgIpc) is 2.88. The molecule has 108 valence electrons. The molecule has 0 atom stereocenters. The zero-order valence-corrected chi connectivity index (χ0v) is 13.9. The molecule has 0 aliphatic carbocycles. The summed E-state index contributed by atoms with van der Waals surface area (Å²) in [5, 5.41) is 4.13. The number of rotatable bonds is 6. The number of para-hydroxylation sites is 1. The molecule has 0 aliphatic heterocycles. The molecule has 1 N–H and O–H groups in total. The number of nitrogens with one attached hydrogen (secondary N) is 1. The predicted molar refractivity (Wildman–Crippen MR) is 87.1 cm³/mol. The van der Waals surface area contributed by atoms with Crippen LogP contribution in [0, 0.1) is 5.82 Å². The normalized spacial score (nSPS) is 10.6. The molecule has 3 nitrogen and oxygen atoms in total. The molecule has 0 radical (unpaired) electrons. The number of benzene rings is 1. The van der Waals surface area contributed by atoms with E-state index in [1.165, 1.54) is 6.07 Å². The smallest absolute Gasteiger partial charge is 0.185 e. The number of anilines is 2. The van der Waals surface area contributed by atoms with Gasteiger partial charge in [0.2, 0.25) is 0 Å². The van der Waals surface area contributed by atoms with E-state index in [0.29, 0.717) is 12.2 Å². The molecule has 20 heavy (non-hydrogen) atoms. The van der Waals surface area contributed by atoms with Crippen LogP contribution in [0.5, 0.6) is 0 Å². The lowest BCUT2D eigenvalue weighted by Gasteiger charge is -2.16. The second-order valence-electron chi connectivity index (χ2n) is 4.23. The minimum absolute atomic E-state index is 0.257. The number of aromatic nitrogens is 1. The molecule has 0 spiro atoms. The summed E-state index contributed by atoms with van der Waals surface area (Å²) in [5.41, 5.74) is 0.491. The number of halogens is 2. The number of thiazole rings is 1. The highest BCUT2D eigenvalue weighted by Gasteiger charge is 2.09. The number of hydrogen-bond acceptors (Lipinski definition) is 4. The molecular weight excluding hydrogens is 341 g/mol. The largest absolute Gasteiger partial charge is 0.377 e. The lowest BCUT2D eigenvalue weighted by molar-refractivity contribution is 0.629. The average molecular weight is 358 g/mol. The van der Waals surface area contributed by atoms with Crippen molar-refractivity contribution in [1.82, 2.24) is 4.98 Å². The van der Waals surface area contributed by atoms with Gasteiger partial charge >= 0.3 is 0 Å². The van der Waals surface area contributed by atoms with Gasteiger partial charge in [0.25, 0.3) is 0 Å². The molecule has 1 aromatic heterocycles. The summed E-state index contributed by atoms with van der Waals surface area (Å²) in [6.45, 7) is 6.67. The fourth-order valence-corrected chi connectivity index (χ4v) is 3.32. The maximum Gasteiger partial charge on any atom is 0.185 e. The van der Waals surface area contributed by atoms with Gasteiger partial charge in [0, 0.05) is 28.6 Å². The van der Waals surface area contributed by atoms with E-state index in [-0.39, 0.29) is 5.82 Å². The SMILES string of the molecule is CCN(CC)c1ncc(CNc2c(F)cccc2Br)s1. The van der Waals surface area contributed by atoms with Crippen LogP contribution in [0.2, 0.25) is 0 Å². The molecule has 1 heterocycles. The Balaban J connectivity index is 2.05. The van der Waals surface area contributed by atoms with Gasteiger partial charge in [-0.15, -0.1) is 11.3 Å². The molecule has 2 rings (SSSR count). The van der Waals surface area contributed by atoms with Crippen molar-refractivity contribution >= 4 is 38.1 Å². The summed E-state index contributed by atoms with van der Waals surface area (Å²) in [5.74, 6) is -0.257. The fourth-order valence-electron chi connectivity index (χ4n) is 1.86. The molecule has 6 heteroatoms. The fraction of sp³-hybridized carbons (Fsp3) is 0.357. The maximum atomic E-state index is 13.7. The molecule has 0 bridgehead atoms. The maximum absolute atomic E-state index is 13.7. The van der Waals surface area contributed by atoms with Crippen LogP contribution in [-0.2, 0) is 6.54 Å². The highest BCUT2D eigenvalue weighted by molar-refractivity contribution is 9.10. The molecule has 0 saturated heterocycles. The summed E-state index contributed by atoms with van der Waals surface area (Å²) >= 11 is 4.98. The van der Waals surface area contributed by atoms with Gasteiger partial charge < -0.3 is 10.2 Å². The van der Waals surface area contributed by atoms with E-state index in [1.807, 2.05) is 12.3 Å². The number of hydrogen-bond donors (Lipinski definition) is 1. The highest BCUT2D eigenvalue weighted by atomic mass is 79.9. The Morgan fingerprint density at radius 2 is 2.10 bits per heavy atom. The van der Waals surface area contributed by atoms with Crippen LogP contribution in [0.1, 0.15) is 18.7 Å². The van der Waals surface area contributed by atoms with Crippen LogP contribution in [0.25, 0.3) is 0 Å². The van der Waals surface area contributed by atoms with Crippen LogP contribution in [-0.4, -0.2) is 18.1 Å². The Kier molecular flexibility index (Phi) is 5.37. The first-order chi connectivity index (χ1) is 9.65. The Morgan fingerprint density at radius 1 is 1.35 bits per heavy atom. The van der Waals surface area contributed by atoms with Crippen molar-refractivity contribution in [3.63, 3.8) is 0 Å². The van der Waals surface area contributed by atoms with Gasteiger partial charge in [-0.1, -0.05) is 6.07 Å². The molecule has 2 aromatic rings. The monoisotopic (exact) mass is 357 g/mol. The standard InChI is InChI=1S/C14H17BrFN3S/c1-3-19(4-2)14-18-9-10(20-14)8-17-13-11(15)6-5-7-12(13)16/h5-7,9,17H,3-4,8H2,1-2H3. The summed E-state index contributed by atoms with van der Waals surface area (Å²) in [7, 11) is 0. The van der Waals surface area contributed by atoms with Crippen molar-refractivity contribution in [3.05, 3.63) is 39.6 Å². The van der Waals surface area contributed by atoms with Gasteiger partial charge in [0.05, 0.1) is 12.2 Å². The van der Waals surface area contributed by atoms with Crippen molar-refractivity contribution in [1.29, 1.82) is 0 Å². The summed E-state index contributed by atoms with van der Waals surface area (Å²) in [4.78, 5) is 7.70. The van der Waals surface area contributed by atoms with Crippen molar-refractivity contribution in [3.8, 4) is 0 Å². The minimum Gasteiger partial charge on any atom is -0.377 e. The Hall–Kier alpha value is -1.14. The molecule has 0 unspecified atom stereocenters. The summed E-state index contributed by atoms with van der Waals surface area (Å²) in [6, 6.07) is 4.94. The second kappa shape index (κ2) is 7.04. The van der Waals surface area contributed by atoms with Crippen LogP contribution in [0.15, 0.2) is 28.9 Å². The van der Waals surface area contributed by atoms with Crippen molar-refractivity contribution < 1.29 is 4.39 Å². The lowest BCUT2D eigenvalue weighted by atomic mass is 10.3. The van der Waals surface area contributed by atoms with Gasteiger partial charge in [-0.3, -0.25) is 0 Å². The Labute approximate surface area is 131 Å². The quantitative estimate of drug-likeness (QED) is 0.824. The zero-order chi connectivity index (χ0) is 14.5. The topological polar surface area (TPSA) is 28.2 Å². The summed E-state index contributed by atoms with van der Waals surface area (Å²) < 4.78 is 14.4. The molecule has 0 saturated carbocycles. The predicted octanol–water partition coefficient (Wildman–Crippen LogP) is 4.50. The first-order valence-electron chi connectivity index (χ1n) is 6.53. The second-order valence-corrected chi connectivity index (χ2v) is 6.18. The van der Waals surface area contributed by atoms with Crippen molar-refractivity contribution in [2.45, 2.75) is 20.4 Å². The molecule has 0 aliphatic rings. The first kappa shape index (κ1) is 15.3. The van der Waals surface area contributed by atoms with Crippen molar-refractivity contribution in [2.24, 2.45) is 0 Å². The van der Waals surface area contributed by atoms with Crippen LogP contribution < -0.4 is 10.2 Å². The molecule has 0 fully saturated rings. The molecular formula is C14H17BrFN3S. The van der Waals surface area contributed by atoms with Gasteiger partial charge in [-0.2, -0.15) is 0 Å². The van der Waals surface area contributed by atoms with E-state index >= 15 is 0 Å². The van der Waals surface area contributed by atoms with E-state index in [4.69, 9.17) is 0 Å². The van der Waals surface area contributed by atoms with Gasteiger partial charge in [-0.25, -0.2) is 9.37 Å². The van der Waals surface area contributed by atoms with E-state index in [1.54, 1.807) is 17.4 Å². The van der Waals surface area contributed by atoms with Crippen molar-refractivity contribution in [2.75, 3.05) is 23.3 Å². The summed E-state index contributed by atoms with van der Waals surface area (Å²) in [6.07, 6.45) is 1.85. The van der Waals surface area contributed by atoms with Crippen LogP contribution in [0.3, 0.4) is 0 Å². The molecule has 1 aromatic carbocycles. The first-order valence-corrected chi connectivity index (χ1v) is 8.14. The van der Waals surface area contributed by atoms with Crippen LogP contribution in [0.4, 0.5) is 15.2 Å². The third-order valence-corrected chi connectivity index (χ3v) is 4.70. The van der Waals surface area contributed by atoms with Gasteiger partial charge in [-0.05, 0) is 41.9 Å². The van der Waals surface area contributed by atoms with E-state index in [2.05, 4.69) is 45.0 Å². The third kappa shape index (κ3) is 3.49. The third-order valence-electron chi connectivity index (χ3n) is 2.98. The minimum atomic E-state index is -0.257. The number of nitrogens with zero attached hydrogens (tertiary/aromatic N) is 2. The Bertz CT molecular complexity index is 549. The molecule has 0 amide bonds.